The lowest BCUT2D eigenvalue weighted by atomic mass is 10.1. The van der Waals surface area contributed by atoms with Crippen LogP contribution >= 0.6 is 12.4 Å². The number of aliphatic imine (C=N–C) groups is 2. The molecule has 0 aliphatic carbocycles. The number of carbonyl (C=O) groups is 2. The smallest absolute Gasteiger partial charge is 0.319 e. The molecule has 2 unspecified atom stereocenters. The maximum absolute atomic E-state index is 12.2. The minimum atomic E-state index is -0.178. The van der Waals surface area contributed by atoms with E-state index in [1.807, 2.05) is 48.5 Å². The minimum Gasteiger partial charge on any atom is -0.366 e. The van der Waals surface area contributed by atoms with Crippen LogP contribution in [0.5, 0.6) is 0 Å². The van der Waals surface area contributed by atoms with Crippen LogP contribution in [0.15, 0.2) is 58.5 Å². The Morgan fingerprint density at radius 2 is 1.00 bits per heavy atom. The molecule has 11 heteroatoms. The van der Waals surface area contributed by atoms with Gasteiger partial charge in [-0.15, -0.1) is 12.4 Å². The SMILES string of the molecule is CC1CN=C(c2ccc(NC(=O)NCCCCCCCCCNC(=O)Nc3ccc(C4=NCC(C)N4)cc3)cc2)N1.Cl. The lowest BCUT2D eigenvalue weighted by molar-refractivity contribution is 0.251. The standard InChI is InChI=1S/C31H44N8O2.ClH/c1-22-20-34-28(36-22)24-10-14-26(15-11-24)38-30(40)32-18-8-6-4-3-5-7-9-19-33-31(41)39-27-16-12-25(13-17-27)29-35-21-23(2)37-29;/h10-17,22-23H,3-9,18-21H2,1-2H3,(H,34,36)(H,35,37)(H2,32,38,40)(H2,33,39,41);1H. The number of amidine groups is 2. The highest BCUT2D eigenvalue weighted by Gasteiger charge is 2.15. The molecule has 2 aliphatic rings. The Labute approximate surface area is 255 Å². The Kier molecular flexibility index (Phi) is 13.4. The topological polar surface area (TPSA) is 131 Å². The van der Waals surface area contributed by atoms with Gasteiger partial charge in [0.25, 0.3) is 0 Å². The van der Waals surface area contributed by atoms with Gasteiger partial charge >= 0.3 is 12.1 Å². The van der Waals surface area contributed by atoms with E-state index in [9.17, 15) is 9.59 Å². The summed E-state index contributed by atoms with van der Waals surface area (Å²) in [6, 6.07) is 15.8. The molecule has 6 N–H and O–H groups in total. The van der Waals surface area contributed by atoms with Gasteiger partial charge in [-0.3, -0.25) is 9.98 Å². The molecule has 2 atom stereocenters. The van der Waals surface area contributed by atoms with Gasteiger partial charge in [0.1, 0.15) is 11.7 Å². The molecule has 0 saturated heterocycles. The lowest BCUT2D eigenvalue weighted by Gasteiger charge is -2.10. The fraction of sp³-hybridized carbons (Fsp3) is 0.484. The van der Waals surface area contributed by atoms with Gasteiger partial charge in [-0.2, -0.15) is 0 Å². The van der Waals surface area contributed by atoms with Crippen molar-refractivity contribution in [1.82, 2.24) is 21.3 Å². The number of urea groups is 2. The molecular formula is C31H45ClN8O2. The van der Waals surface area contributed by atoms with E-state index in [0.717, 1.165) is 92.2 Å². The Bertz CT molecular complexity index is 1110. The number of hydrogen-bond donors (Lipinski definition) is 6. The van der Waals surface area contributed by atoms with E-state index in [2.05, 4.69) is 55.7 Å². The Hall–Kier alpha value is -3.79. The molecule has 4 rings (SSSR count). The van der Waals surface area contributed by atoms with Gasteiger partial charge in [0.05, 0.1) is 13.1 Å². The second-order valence-electron chi connectivity index (χ2n) is 10.9. The molecule has 42 heavy (non-hydrogen) atoms. The van der Waals surface area contributed by atoms with Gasteiger partial charge in [0.2, 0.25) is 0 Å². The molecule has 0 spiro atoms. The van der Waals surface area contributed by atoms with Crippen molar-refractivity contribution in [2.75, 3.05) is 36.8 Å². The Morgan fingerprint density at radius 1 is 0.643 bits per heavy atom. The molecule has 2 aromatic carbocycles. The van der Waals surface area contributed by atoms with Crippen LogP contribution in [0, 0.1) is 0 Å². The van der Waals surface area contributed by atoms with E-state index >= 15 is 0 Å². The average molecular weight is 597 g/mol. The Morgan fingerprint density at radius 3 is 1.33 bits per heavy atom. The van der Waals surface area contributed by atoms with E-state index < -0.39 is 0 Å². The first-order valence-electron chi connectivity index (χ1n) is 14.9. The normalized spacial score (nSPS) is 17.2. The van der Waals surface area contributed by atoms with Crippen LogP contribution in [0.25, 0.3) is 0 Å². The summed E-state index contributed by atoms with van der Waals surface area (Å²) >= 11 is 0. The third kappa shape index (κ3) is 10.9. The summed E-state index contributed by atoms with van der Waals surface area (Å²) in [4.78, 5) is 33.3. The molecule has 0 saturated carbocycles. The Balaban J connectivity index is 0.00000484. The number of amides is 4. The predicted octanol–water partition coefficient (Wildman–Crippen LogP) is 5.26. The number of hydrogen-bond acceptors (Lipinski definition) is 6. The van der Waals surface area contributed by atoms with E-state index in [-0.39, 0.29) is 24.5 Å². The van der Waals surface area contributed by atoms with Crippen molar-refractivity contribution in [2.45, 2.75) is 70.9 Å². The van der Waals surface area contributed by atoms with Gasteiger partial charge in [0.15, 0.2) is 0 Å². The van der Waals surface area contributed by atoms with Crippen molar-refractivity contribution in [2.24, 2.45) is 9.98 Å². The summed E-state index contributed by atoms with van der Waals surface area (Å²) in [5, 5.41) is 18.3. The number of benzene rings is 2. The van der Waals surface area contributed by atoms with Crippen LogP contribution in [0.1, 0.15) is 69.9 Å². The van der Waals surface area contributed by atoms with Crippen molar-refractivity contribution in [1.29, 1.82) is 0 Å². The van der Waals surface area contributed by atoms with Gasteiger partial charge in [0, 0.05) is 47.7 Å². The number of halogens is 1. The number of unbranched alkanes of at least 4 members (excludes halogenated alkanes) is 6. The van der Waals surface area contributed by atoms with Crippen LogP contribution in [0.3, 0.4) is 0 Å². The van der Waals surface area contributed by atoms with Crippen LogP contribution < -0.4 is 31.9 Å². The summed E-state index contributed by atoms with van der Waals surface area (Å²) in [5.74, 6) is 1.82. The van der Waals surface area contributed by atoms with Crippen LogP contribution in [0.4, 0.5) is 21.0 Å². The highest BCUT2D eigenvalue weighted by molar-refractivity contribution is 6.01. The molecule has 2 aliphatic heterocycles. The summed E-state index contributed by atoms with van der Waals surface area (Å²) in [5.41, 5.74) is 3.59. The summed E-state index contributed by atoms with van der Waals surface area (Å²) in [7, 11) is 0. The monoisotopic (exact) mass is 596 g/mol. The molecular weight excluding hydrogens is 552 g/mol. The third-order valence-electron chi connectivity index (χ3n) is 7.07. The molecule has 0 aromatic heterocycles. The van der Waals surface area contributed by atoms with Gasteiger partial charge in [-0.1, -0.05) is 32.1 Å². The molecule has 2 aromatic rings. The zero-order valence-corrected chi connectivity index (χ0v) is 25.5. The summed E-state index contributed by atoms with van der Waals surface area (Å²) in [6.07, 6.45) is 7.55. The highest BCUT2D eigenvalue weighted by Crippen LogP contribution is 2.14. The highest BCUT2D eigenvalue weighted by atomic mass is 35.5. The quantitative estimate of drug-likeness (QED) is 0.166. The van der Waals surface area contributed by atoms with Crippen molar-refractivity contribution in [3.05, 3.63) is 59.7 Å². The zero-order chi connectivity index (χ0) is 28.9. The zero-order valence-electron chi connectivity index (χ0n) is 24.7. The largest absolute Gasteiger partial charge is 0.366 e. The number of rotatable bonds is 14. The lowest BCUT2D eigenvalue weighted by Crippen LogP contribution is -2.29. The number of anilines is 2. The van der Waals surface area contributed by atoms with E-state index in [0.29, 0.717) is 25.2 Å². The van der Waals surface area contributed by atoms with E-state index in [1.165, 1.54) is 0 Å². The van der Waals surface area contributed by atoms with Crippen LogP contribution in [-0.4, -0.2) is 62.0 Å². The van der Waals surface area contributed by atoms with Crippen LogP contribution in [0.2, 0.25) is 0 Å². The molecule has 228 valence electrons. The molecule has 2 heterocycles. The van der Waals surface area contributed by atoms with Crippen molar-refractivity contribution in [3.8, 4) is 0 Å². The fourth-order valence-corrected chi connectivity index (χ4v) is 4.77. The van der Waals surface area contributed by atoms with Crippen molar-refractivity contribution >= 4 is 47.5 Å². The van der Waals surface area contributed by atoms with Crippen LogP contribution in [-0.2, 0) is 0 Å². The van der Waals surface area contributed by atoms with Gasteiger partial charge in [-0.05, 0) is 75.2 Å². The molecule has 0 bridgehead atoms. The number of nitrogens with one attached hydrogen (secondary N) is 6. The number of nitrogens with zero attached hydrogens (tertiary/aromatic N) is 2. The molecule has 0 radical (unpaired) electrons. The molecule has 0 fully saturated rings. The van der Waals surface area contributed by atoms with E-state index in [4.69, 9.17) is 0 Å². The first kappa shape index (κ1) is 32.7. The van der Waals surface area contributed by atoms with Gasteiger partial charge in [-0.25, -0.2) is 9.59 Å². The van der Waals surface area contributed by atoms with Crippen molar-refractivity contribution < 1.29 is 9.59 Å². The fourth-order valence-electron chi connectivity index (χ4n) is 4.77. The average Bonchev–Trinajstić information content (AvgIpc) is 3.60. The van der Waals surface area contributed by atoms with E-state index in [1.54, 1.807) is 0 Å². The minimum absolute atomic E-state index is 0. The predicted molar refractivity (Wildman–Crippen MR) is 174 cm³/mol. The summed E-state index contributed by atoms with van der Waals surface area (Å²) in [6.45, 7) is 7.12. The van der Waals surface area contributed by atoms with Gasteiger partial charge < -0.3 is 31.9 Å². The first-order chi connectivity index (χ1) is 20.0. The second kappa shape index (κ2) is 17.2. The molecule has 10 nitrogen and oxygen atoms in total. The maximum Gasteiger partial charge on any atom is 0.319 e. The number of carbonyl (C=O) groups excluding carboxylic acids is 2. The second-order valence-corrected chi connectivity index (χ2v) is 10.9. The maximum atomic E-state index is 12.2. The molecule has 4 amide bonds. The third-order valence-corrected chi connectivity index (χ3v) is 7.07. The summed E-state index contributed by atoms with van der Waals surface area (Å²) < 4.78 is 0. The first-order valence-corrected chi connectivity index (χ1v) is 14.9. The van der Waals surface area contributed by atoms with Crippen molar-refractivity contribution in [3.63, 3.8) is 0 Å².